The molecule has 0 unspecified atom stereocenters. The average molecular weight is 290 g/mol. The lowest BCUT2D eigenvalue weighted by molar-refractivity contribution is 0.632. The first kappa shape index (κ1) is 12.9. The highest BCUT2D eigenvalue weighted by atomic mass is 35.5. The van der Waals surface area contributed by atoms with E-state index in [0.717, 1.165) is 17.6 Å². The number of halogens is 2. The lowest BCUT2D eigenvalue weighted by Crippen LogP contribution is -1.98. The van der Waals surface area contributed by atoms with Crippen LogP contribution in [-0.4, -0.2) is 9.55 Å². The minimum atomic E-state index is -0.435. The van der Waals surface area contributed by atoms with Crippen molar-refractivity contribution < 1.29 is 4.39 Å². The molecule has 3 aromatic rings. The van der Waals surface area contributed by atoms with Crippen molar-refractivity contribution in [2.75, 3.05) is 5.73 Å². The number of fused-ring (bicyclic) bond motifs is 1. The Morgan fingerprint density at radius 1 is 1.25 bits per heavy atom. The number of nitrogens with two attached hydrogens (primary N) is 1. The minimum absolute atomic E-state index is 0.135. The van der Waals surface area contributed by atoms with Crippen molar-refractivity contribution in [3.05, 3.63) is 47.2 Å². The smallest absolute Gasteiger partial charge is 0.146 e. The Hall–Kier alpha value is -2.07. The number of nitrogen functional groups attached to an aromatic ring is 1. The average Bonchev–Trinajstić information content (AvgIpc) is 2.79. The van der Waals surface area contributed by atoms with Crippen molar-refractivity contribution in [1.82, 2.24) is 9.55 Å². The van der Waals surface area contributed by atoms with E-state index in [-0.39, 0.29) is 5.69 Å². The molecule has 0 spiro atoms. The third kappa shape index (κ3) is 2.02. The molecule has 3 nitrogen and oxygen atoms in total. The van der Waals surface area contributed by atoms with Gasteiger partial charge in [-0.05, 0) is 43.3 Å². The lowest BCUT2D eigenvalue weighted by atomic mass is 10.2. The molecule has 102 valence electrons. The van der Waals surface area contributed by atoms with Crippen molar-refractivity contribution >= 4 is 28.3 Å². The molecule has 1 heterocycles. The number of hydrogen-bond donors (Lipinski definition) is 1. The van der Waals surface area contributed by atoms with Crippen LogP contribution in [0.1, 0.15) is 6.92 Å². The highest BCUT2D eigenvalue weighted by molar-refractivity contribution is 6.31. The number of hydrogen-bond acceptors (Lipinski definition) is 2. The number of anilines is 1. The van der Waals surface area contributed by atoms with E-state index in [4.69, 9.17) is 17.3 Å². The molecule has 0 bridgehead atoms. The molecule has 5 heteroatoms. The normalized spacial score (nSPS) is 11.2. The van der Waals surface area contributed by atoms with Crippen LogP contribution in [0.25, 0.3) is 22.4 Å². The summed E-state index contributed by atoms with van der Waals surface area (Å²) in [6.45, 7) is 2.76. The van der Waals surface area contributed by atoms with E-state index in [1.165, 1.54) is 6.07 Å². The van der Waals surface area contributed by atoms with Gasteiger partial charge in [-0.25, -0.2) is 9.37 Å². The van der Waals surface area contributed by atoms with Gasteiger partial charge in [0.25, 0.3) is 0 Å². The van der Waals surface area contributed by atoms with Gasteiger partial charge in [0.2, 0.25) is 0 Å². The number of rotatable bonds is 2. The third-order valence-electron chi connectivity index (χ3n) is 3.29. The van der Waals surface area contributed by atoms with Gasteiger partial charge in [0, 0.05) is 17.1 Å². The van der Waals surface area contributed by atoms with Gasteiger partial charge in [0.05, 0.1) is 16.7 Å². The van der Waals surface area contributed by atoms with Gasteiger partial charge in [-0.15, -0.1) is 0 Å². The number of imidazole rings is 1. The van der Waals surface area contributed by atoms with Crippen LogP contribution in [0.2, 0.25) is 5.02 Å². The van der Waals surface area contributed by atoms with E-state index in [0.29, 0.717) is 16.4 Å². The Kier molecular flexibility index (Phi) is 3.10. The first-order valence-electron chi connectivity index (χ1n) is 6.31. The molecule has 0 saturated heterocycles. The first-order valence-corrected chi connectivity index (χ1v) is 6.69. The SMILES string of the molecule is CCn1c(-c2ccc(N)c(F)c2)nc2cc(Cl)ccc21. The largest absolute Gasteiger partial charge is 0.396 e. The van der Waals surface area contributed by atoms with Crippen LogP contribution in [0.15, 0.2) is 36.4 Å². The Morgan fingerprint density at radius 3 is 2.75 bits per heavy atom. The zero-order valence-electron chi connectivity index (χ0n) is 10.9. The molecule has 0 atom stereocenters. The van der Waals surface area contributed by atoms with Crippen LogP contribution in [-0.2, 0) is 6.54 Å². The fraction of sp³-hybridized carbons (Fsp3) is 0.133. The van der Waals surface area contributed by atoms with Crippen LogP contribution in [0.4, 0.5) is 10.1 Å². The standard InChI is InChI=1S/C15H13ClFN3/c1-2-20-14-6-4-10(16)8-13(14)19-15(20)9-3-5-12(18)11(17)7-9/h3-8H,2,18H2,1H3. The van der Waals surface area contributed by atoms with Crippen molar-refractivity contribution in [1.29, 1.82) is 0 Å². The summed E-state index contributed by atoms with van der Waals surface area (Å²) in [6, 6.07) is 10.3. The second-order valence-corrected chi connectivity index (χ2v) is 4.99. The zero-order chi connectivity index (χ0) is 14.3. The van der Waals surface area contributed by atoms with Gasteiger partial charge in [0.1, 0.15) is 11.6 Å². The van der Waals surface area contributed by atoms with Gasteiger partial charge < -0.3 is 10.3 Å². The maximum Gasteiger partial charge on any atom is 0.146 e. The topological polar surface area (TPSA) is 43.8 Å². The molecule has 1 aromatic heterocycles. The summed E-state index contributed by atoms with van der Waals surface area (Å²) < 4.78 is 15.7. The number of aryl methyl sites for hydroxylation is 1. The molecule has 0 amide bonds. The number of nitrogens with zero attached hydrogens (tertiary/aromatic N) is 2. The molecular formula is C15H13ClFN3. The van der Waals surface area contributed by atoms with Crippen LogP contribution < -0.4 is 5.73 Å². The molecule has 0 radical (unpaired) electrons. The molecule has 2 aromatic carbocycles. The van der Waals surface area contributed by atoms with Gasteiger partial charge in [-0.1, -0.05) is 11.6 Å². The Bertz CT molecular complexity index is 795. The first-order chi connectivity index (χ1) is 9.60. The highest BCUT2D eigenvalue weighted by Crippen LogP contribution is 2.28. The van der Waals surface area contributed by atoms with Gasteiger partial charge in [-0.2, -0.15) is 0 Å². The fourth-order valence-corrected chi connectivity index (χ4v) is 2.48. The highest BCUT2D eigenvalue weighted by Gasteiger charge is 2.13. The number of benzene rings is 2. The second kappa shape index (κ2) is 4.80. The van der Waals surface area contributed by atoms with E-state index in [2.05, 4.69) is 4.98 Å². The predicted molar refractivity (Wildman–Crippen MR) is 80.2 cm³/mol. The summed E-state index contributed by atoms with van der Waals surface area (Å²) in [7, 11) is 0. The Balaban J connectivity index is 2.26. The summed E-state index contributed by atoms with van der Waals surface area (Å²) >= 11 is 5.99. The van der Waals surface area contributed by atoms with Crippen LogP contribution in [0.3, 0.4) is 0 Å². The summed E-state index contributed by atoms with van der Waals surface area (Å²) in [6.07, 6.45) is 0. The lowest BCUT2D eigenvalue weighted by Gasteiger charge is -2.07. The molecule has 0 aliphatic carbocycles. The van der Waals surface area contributed by atoms with E-state index >= 15 is 0 Å². The molecule has 0 aliphatic heterocycles. The van der Waals surface area contributed by atoms with Gasteiger partial charge in [0.15, 0.2) is 0 Å². The molecule has 3 rings (SSSR count). The minimum Gasteiger partial charge on any atom is -0.396 e. The van der Waals surface area contributed by atoms with Crippen molar-refractivity contribution in [2.24, 2.45) is 0 Å². The molecular weight excluding hydrogens is 277 g/mol. The molecule has 0 aliphatic rings. The van der Waals surface area contributed by atoms with Crippen molar-refractivity contribution in [3.63, 3.8) is 0 Å². The Morgan fingerprint density at radius 2 is 2.05 bits per heavy atom. The predicted octanol–water partition coefficient (Wildman–Crippen LogP) is 4.10. The second-order valence-electron chi connectivity index (χ2n) is 4.55. The van der Waals surface area contributed by atoms with E-state index < -0.39 is 5.82 Å². The molecule has 20 heavy (non-hydrogen) atoms. The van der Waals surface area contributed by atoms with Crippen LogP contribution in [0.5, 0.6) is 0 Å². The Labute approximate surface area is 120 Å². The van der Waals surface area contributed by atoms with Gasteiger partial charge >= 0.3 is 0 Å². The molecule has 2 N–H and O–H groups in total. The van der Waals surface area contributed by atoms with Crippen LogP contribution in [0, 0.1) is 5.82 Å². The summed E-state index contributed by atoms with van der Waals surface area (Å²) in [5.74, 6) is 0.277. The zero-order valence-corrected chi connectivity index (χ0v) is 11.7. The van der Waals surface area contributed by atoms with Crippen molar-refractivity contribution in [2.45, 2.75) is 13.5 Å². The summed E-state index contributed by atoms with van der Waals surface area (Å²) in [5, 5.41) is 0.633. The fourth-order valence-electron chi connectivity index (χ4n) is 2.31. The van der Waals surface area contributed by atoms with Crippen molar-refractivity contribution in [3.8, 4) is 11.4 Å². The maximum atomic E-state index is 13.6. The monoisotopic (exact) mass is 289 g/mol. The van der Waals surface area contributed by atoms with E-state index in [1.807, 2.05) is 23.6 Å². The third-order valence-corrected chi connectivity index (χ3v) is 3.52. The maximum absolute atomic E-state index is 13.6. The van der Waals surface area contributed by atoms with Crippen LogP contribution >= 0.6 is 11.6 Å². The quantitative estimate of drug-likeness (QED) is 0.722. The van der Waals surface area contributed by atoms with E-state index in [1.54, 1.807) is 18.2 Å². The molecule has 0 saturated carbocycles. The summed E-state index contributed by atoms with van der Waals surface area (Å²) in [4.78, 5) is 4.56. The van der Waals surface area contributed by atoms with Gasteiger partial charge in [-0.3, -0.25) is 0 Å². The molecule has 0 fully saturated rings. The van der Waals surface area contributed by atoms with E-state index in [9.17, 15) is 4.39 Å². The number of aromatic nitrogens is 2. The summed E-state index contributed by atoms with van der Waals surface area (Å²) in [5.41, 5.74) is 8.12.